The standard InChI is InChI=1S/C22H16F4N4O/c1-13(15-4-7-21(22(24,25)26)30(31)12-15)29-18-8-9-27-20-11-28-19(10-17(18)20)14-2-5-16(23)6-3-14/h2-13H,1H3,(H,27,29)/t13-/m1/s1. The Labute approximate surface area is 174 Å². The van der Waals surface area contributed by atoms with Gasteiger partial charge >= 0.3 is 6.18 Å². The highest BCUT2D eigenvalue weighted by atomic mass is 19.4. The molecule has 4 aromatic rings. The van der Waals surface area contributed by atoms with Crippen LogP contribution in [0.2, 0.25) is 0 Å². The zero-order chi connectivity index (χ0) is 22.2. The van der Waals surface area contributed by atoms with Gasteiger partial charge in [0.15, 0.2) is 6.20 Å². The number of hydrogen-bond acceptors (Lipinski definition) is 4. The predicted molar refractivity (Wildman–Crippen MR) is 107 cm³/mol. The van der Waals surface area contributed by atoms with Gasteiger partial charge in [0.2, 0.25) is 0 Å². The van der Waals surface area contributed by atoms with E-state index in [2.05, 4.69) is 15.3 Å². The van der Waals surface area contributed by atoms with Crippen LogP contribution in [-0.2, 0) is 6.18 Å². The maximum absolute atomic E-state index is 13.2. The molecule has 158 valence electrons. The molecule has 0 bridgehead atoms. The van der Waals surface area contributed by atoms with Crippen LogP contribution in [0.1, 0.15) is 24.2 Å². The summed E-state index contributed by atoms with van der Waals surface area (Å²) in [5.41, 5.74) is 1.73. The third-order valence-corrected chi connectivity index (χ3v) is 4.87. The van der Waals surface area contributed by atoms with Gasteiger partial charge in [0.1, 0.15) is 5.82 Å². The molecule has 4 rings (SSSR count). The minimum absolute atomic E-state index is 0.172. The summed E-state index contributed by atoms with van der Waals surface area (Å²) >= 11 is 0. The fourth-order valence-electron chi connectivity index (χ4n) is 3.24. The Hall–Kier alpha value is -3.75. The Bertz CT molecular complexity index is 1240. The van der Waals surface area contributed by atoms with Crippen molar-refractivity contribution in [1.29, 1.82) is 0 Å². The first kappa shape index (κ1) is 20.5. The summed E-state index contributed by atoms with van der Waals surface area (Å²) in [5.74, 6) is -0.352. The van der Waals surface area contributed by atoms with Gasteiger partial charge in [-0.2, -0.15) is 17.9 Å². The number of rotatable bonds is 4. The predicted octanol–water partition coefficient (Wildman–Crippen LogP) is 5.26. The van der Waals surface area contributed by atoms with E-state index in [4.69, 9.17) is 0 Å². The second-order valence-electron chi connectivity index (χ2n) is 6.99. The van der Waals surface area contributed by atoms with E-state index in [9.17, 15) is 22.8 Å². The molecule has 9 heteroatoms. The molecule has 3 heterocycles. The number of anilines is 1. The van der Waals surface area contributed by atoms with E-state index in [1.165, 1.54) is 18.2 Å². The van der Waals surface area contributed by atoms with Gasteiger partial charge in [-0.05, 0) is 49.4 Å². The first-order chi connectivity index (χ1) is 14.7. The summed E-state index contributed by atoms with van der Waals surface area (Å²) in [5, 5.41) is 15.7. The molecule has 0 aliphatic carbocycles. The molecule has 0 saturated carbocycles. The molecule has 0 unspecified atom stereocenters. The van der Waals surface area contributed by atoms with Crippen molar-refractivity contribution < 1.29 is 22.3 Å². The topological polar surface area (TPSA) is 64.8 Å². The van der Waals surface area contributed by atoms with Crippen LogP contribution in [0.25, 0.3) is 22.2 Å². The molecule has 5 nitrogen and oxygen atoms in total. The lowest BCUT2D eigenvalue weighted by Crippen LogP contribution is -2.37. The zero-order valence-electron chi connectivity index (χ0n) is 16.2. The number of nitrogens with zero attached hydrogens (tertiary/aromatic N) is 3. The Balaban J connectivity index is 1.67. The molecule has 0 saturated heterocycles. The van der Waals surface area contributed by atoms with Gasteiger partial charge < -0.3 is 10.5 Å². The van der Waals surface area contributed by atoms with Crippen molar-refractivity contribution in [3.05, 3.63) is 89.4 Å². The van der Waals surface area contributed by atoms with Crippen LogP contribution in [0.4, 0.5) is 23.2 Å². The molecule has 3 aromatic heterocycles. The maximum Gasteiger partial charge on any atom is 0.478 e. The summed E-state index contributed by atoms with van der Waals surface area (Å²) in [6.45, 7) is 1.73. The average Bonchev–Trinajstić information content (AvgIpc) is 2.73. The Morgan fingerprint density at radius 3 is 2.45 bits per heavy atom. The molecule has 0 amide bonds. The molecule has 1 aromatic carbocycles. The van der Waals surface area contributed by atoms with Gasteiger partial charge in [0.25, 0.3) is 5.69 Å². The number of alkyl halides is 3. The van der Waals surface area contributed by atoms with E-state index in [0.717, 1.165) is 23.2 Å². The number of nitrogens with one attached hydrogen (secondary N) is 1. The molecule has 0 aliphatic rings. The second-order valence-corrected chi connectivity index (χ2v) is 6.99. The van der Waals surface area contributed by atoms with E-state index >= 15 is 0 Å². The number of aromatic nitrogens is 3. The van der Waals surface area contributed by atoms with E-state index in [1.54, 1.807) is 43.6 Å². The lowest BCUT2D eigenvalue weighted by Gasteiger charge is -2.17. The zero-order valence-corrected chi connectivity index (χ0v) is 16.2. The molecular weight excluding hydrogens is 412 g/mol. The Morgan fingerprint density at radius 2 is 1.77 bits per heavy atom. The Morgan fingerprint density at radius 1 is 1.03 bits per heavy atom. The van der Waals surface area contributed by atoms with E-state index in [1.807, 2.05) is 0 Å². The van der Waals surface area contributed by atoms with Gasteiger partial charge in [-0.25, -0.2) is 4.39 Å². The maximum atomic E-state index is 13.2. The van der Waals surface area contributed by atoms with Gasteiger partial charge in [-0.15, -0.1) is 0 Å². The fourth-order valence-corrected chi connectivity index (χ4v) is 3.24. The number of halogens is 4. The van der Waals surface area contributed by atoms with Crippen LogP contribution < -0.4 is 10.0 Å². The monoisotopic (exact) mass is 428 g/mol. The highest BCUT2D eigenvalue weighted by Gasteiger charge is 2.39. The van der Waals surface area contributed by atoms with E-state index < -0.39 is 17.9 Å². The third kappa shape index (κ3) is 4.25. The lowest BCUT2D eigenvalue weighted by molar-refractivity contribution is -0.629. The largest absolute Gasteiger partial charge is 0.618 e. The summed E-state index contributed by atoms with van der Waals surface area (Å²) in [4.78, 5) is 8.65. The van der Waals surface area contributed by atoms with Crippen LogP contribution in [0.15, 0.2) is 67.1 Å². The number of hydrogen-bond donors (Lipinski definition) is 1. The molecule has 0 aliphatic heterocycles. The smallest absolute Gasteiger partial charge is 0.478 e. The number of pyridine rings is 3. The highest BCUT2D eigenvalue weighted by molar-refractivity contribution is 5.93. The molecule has 0 radical (unpaired) electrons. The second kappa shape index (κ2) is 7.82. The summed E-state index contributed by atoms with van der Waals surface area (Å²) in [6, 6.07) is 11.0. The molecule has 1 N–H and O–H groups in total. The van der Waals surface area contributed by atoms with Gasteiger partial charge in [0, 0.05) is 34.5 Å². The number of benzene rings is 1. The first-order valence-corrected chi connectivity index (χ1v) is 9.30. The van der Waals surface area contributed by atoms with Crippen molar-refractivity contribution >= 4 is 16.6 Å². The van der Waals surface area contributed by atoms with Gasteiger partial charge in [-0.3, -0.25) is 9.97 Å². The first-order valence-electron chi connectivity index (χ1n) is 9.30. The summed E-state index contributed by atoms with van der Waals surface area (Å²) < 4.78 is 51.5. The minimum atomic E-state index is -4.72. The van der Waals surface area contributed by atoms with Gasteiger partial charge in [-0.1, -0.05) is 0 Å². The van der Waals surface area contributed by atoms with Crippen LogP contribution in [0.5, 0.6) is 0 Å². The van der Waals surface area contributed by atoms with Crippen molar-refractivity contribution in [3.8, 4) is 11.3 Å². The van der Waals surface area contributed by atoms with Crippen LogP contribution in [-0.4, -0.2) is 9.97 Å². The summed E-state index contributed by atoms with van der Waals surface area (Å²) in [7, 11) is 0. The van der Waals surface area contributed by atoms with Crippen molar-refractivity contribution in [2.24, 2.45) is 0 Å². The van der Waals surface area contributed by atoms with Crippen molar-refractivity contribution in [2.45, 2.75) is 19.1 Å². The quantitative estimate of drug-likeness (QED) is 0.274. The van der Waals surface area contributed by atoms with Crippen LogP contribution in [0, 0.1) is 11.0 Å². The normalized spacial score (nSPS) is 12.7. The molecule has 0 fully saturated rings. The van der Waals surface area contributed by atoms with Crippen molar-refractivity contribution in [2.75, 3.05) is 5.32 Å². The van der Waals surface area contributed by atoms with Crippen molar-refractivity contribution in [3.63, 3.8) is 0 Å². The van der Waals surface area contributed by atoms with E-state index in [-0.39, 0.29) is 10.5 Å². The van der Waals surface area contributed by atoms with E-state index in [0.29, 0.717) is 22.5 Å². The highest BCUT2D eigenvalue weighted by Crippen LogP contribution is 2.30. The van der Waals surface area contributed by atoms with Crippen LogP contribution >= 0.6 is 0 Å². The number of fused-ring (bicyclic) bond motifs is 1. The molecule has 1 atom stereocenters. The Kier molecular flexibility index (Phi) is 5.18. The summed E-state index contributed by atoms with van der Waals surface area (Å²) in [6.07, 6.45) is -0.637. The SMILES string of the molecule is C[C@@H](Nc1ccnc2cnc(-c3ccc(F)cc3)cc12)c1ccc(C(F)(F)F)[n+]([O-])c1. The molecular formula is C22H16F4N4O. The minimum Gasteiger partial charge on any atom is -0.618 e. The van der Waals surface area contributed by atoms with Crippen LogP contribution in [0.3, 0.4) is 0 Å². The van der Waals surface area contributed by atoms with Crippen molar-refractivity contribution in [1.82, 2.24) is 9.97 Å². The lowest BCUT2D eigenvalue weighted by atomic mass is 10.1. The molecule has 31 heavy (non-hydrogen) atoms. The molecule has 0 spiro atoms. The average molecular weight is 428 g/mol. The fraction of sp³-hybridized carbons (Fsp3) is 0.136. The van der Waals surface area contributed by atoms with Gasteiger partial charge in [0.05, 0.1) is 23.4 Å². The third-order valence-electron chi connectivity index (χ3n) is 4.87.